The third-order valence-corrected chi connectivity index (χ3v) is 7.09. The molecule has 2 aromatic heterocycles. The van der Waals surface area contributed by atoms with E-state index in [9.17, 15) is 9.59 Å². The van der Waals surface area contributed by atoms with Gasteiger partial charge in [-0.05, 0) is 30.2 Å². The van der Waals surface area contributed by atoms with E-state index >= 15 is 0 Å². The van der Waals surface area contributed by atoms with Crippen LogP contribution in [0, 0.1) is 6.92 Å². The van der Waals surface area contributed by atoms with Gasteiger partial charge in [-0.1, -0.05) is 53.7 Å². The third-order valence-electron chi connectivity index (χ3n) is 5.10. The van der Waals surface area contributed by atoms with Gasteiger partial charge in [0.2, 0.25) is 5.91 Å². The number of rotatable bonds is 7. The molecule has 0 saturated carbocycles. The van der Waals surface area contributed by atoms with E-state index in [4.69, 9.17) is 9.72 Å². The van der Waals surface area contributed by atoms with Gasteiger partial charge in [0.1, 0.15) is 10.4 Å². The van der Waals surface area contributed by atoms with Crippen LogP contribution >= 0.6 is 23.1 Å². The zero-order valence-corrected chi connectivity index (χ0v) is 19.7. The van der Waals surface area contributed by atoms with Crippen LogP contribution in [0.3, 0.4) is 0 Å². The van der Waals surface area contributed by atoms with Crippen LogP contribution in [0.4, 0.5) is 0 Å². The molecule has 2 heterocycles. The van der Waals surface area contributed by atoms with E-state index in [1.165, 1.54) is 33.2 Å². The molecule has 0 aliphatic heterocycles. The maximum Gasteiger partial charge on any atom is 0.271 e. The summed E-state index contributed by atoms with van der Waals surface area (Å²) in [6.45, 7) is 2.47. The maximum atomic E-state index is 12.9. The van der Waals surface area contributed by atoms with Crippen molar-refractivity contribution in [3.63, 3.8) is 0 Å². The lowest BCUT2D eigenvalue weighted by Crippen LogP contribution is -2.25. The number of hydrogen-bond donors (Lipinski definition) is 1. The summed E-state index contributed by atoms with van der Waals surface area (Å²) in [6.07, 6.45) is 0. The number of nitrogens with zero attached hydrogens (tertiary/aromatic N) is 2. The molecule has 2 aromatic carbocycles. The van der Waals surface area contributed by atoms with Crippen molar-refractivity contribution >= 4 is 39.2 Å². The highest BCUT2D eigenvalue weighted by molar-refractivity contribution is 7.99. The number of amides is 1. The van der Waals surface area contributed by atoms with E-state index in [1.54, 1.807) is 14.2 Å². The molecule has 0 saturated heterocycles. The Labute approximate surface area is 194 Å². The Balaban J connectivity index is 1.49. The zero-order valence-electron chi connectivity index (χ0n) is 18.0. The molecule has 0 fully saturated rings. The van der Waals surface area contributed by atoms with Crippen molar-refractivity contribution in [2.24, 2.45) is 7.05 Å². The zero-order chi connectivity index (χ0) is 22.7. The van der Waals surface area contributed by atoms with E-state index in [-0.39, 0.29) is 17.2 Å². The van der Waals surface area contributed by atoms with Gasteiger partial charge < -0.3 is 10.1 Å². The van der Waals surface area contributed by atoms with Gasteiger partial charge in [0, 0.05) is 24.5 Å². The minimum atomic E-state index is -0.121. The summed E-state index contributed by atoms with van der Waals surface area (Å²) >= 11 is 2.66. The molecule has 0 spiro atoms. The largest absolute Gasteiger partial charge is 0.497 e. The Morgan fingerprint density at radius 1 is 1.16 bits per heavy atom. The van der Waals surface area contributed by atoms with Crippen molar-refractivity contribution in [1.29, 1.82) is 0 Å². The number of aromatic nitrogens is 2. The summed E-state index contributed by atoms with van der Waals surface area (Å²) in [5, 5.41) is 5.40. The molecule has 0 aliphatic carbocycles. The predicted molar refractivity (Wildman–Crippen MR) is 131 cm³/mol. The van der Waals surface area contributed by atoms with E-state index < -0.39 is 0 Å². The van der Waals surface area contributed by atoms with Crippen molar-refractivity contribution < 1.29 is 9.53 Å². The second-order valence-corrected chi connectivity index (χ2v) is 9.19. The average Bonchev–Trinajstić information content (AvgIpc) is 3.24. The van der Waals surface area contributed by atoms with Crippen LogP contribution in [-0.2, 0) is 18.4 Å². The van der Waals surface area contributed by atoms with E-state index in [1.807, 2.05) is 60.8 Å². The molecule has 32 heavy (non-hydrogen) atoms. The monoisotopic (exact) mass is 465 g/mol. The molecular formula is C24H23N3O3S2. The number of carbonyl (C=O) groups is 1. The molecule has 6 nitrogen and oxygen atoms in total. The summed E-state index contributed by atoms with van der Waals surface area (Å²) in [4.78, 5) is 30.0. The van der Waals surface area contributed by atoms with E-state index in [0.29, 0.717) is 21.9 Å². The Kier molecular flexibility index (Phi) is 6.62. The first-order valence-electron chi connectivity index (χ1n) is 10.0. The molecule has 164 valence electrons. The lowest BCUT2D eigenvalue weighted by molar-refractivity contribution is -0.118. The van der Waals surface area contributed by atoms with Gasteiger partial charge in [0.15, 0.2) is 5.16 Å². The third kappa shape index (κ3) is 4.71. The highest BCUT2D eigenvalue weighted by atomic mass is 32.2. The standard InChI is InChI=1S/C24H23N3O3S2/c1-15-4-8-17(9-5-15)19-13-31-22-21(19)26-24(27(2)23(22)29)32-14-20(28)25-12-16-6-10-18(30-3)11-7-16/h4-11,13H,12,14H2,1-3H3,(H,25,28). The molecule has 0 bridgehead atoms. The van der Waals surface area contributed by atoms with Crippen molar-refractivity contribution in [3.05, 3.63) is 75.4 Å². The van der Waals surface area contributed by atoms with Crippen LogP contribution in [0.25, 0.3) is 21.3 Å². The Morgan fingerprint density at radius 2 is 1.88 bits per heavy atom. The topological polar surface area (TPSA) is 73.2 Å². The average molecular weight is 466 g/mol. The highest BCUT2D eigenvalue weighted by Crippen LogP contribution is 2.32. The number of methoxy groups -OCH3 is 1. The van der Waals surface area contributed by atoms with Gasteiger partial charge in [0.05, 0.1) is 18.4 Å². The first-order valence-corrected chi connectivity index (χ1v) is 11.9. The lowest BCUT2D eigenvalue weighted by atomic mass is 10.1. The molecule has 1 amide bonds. The van der Waals surface area contributed by atoms with Crippen LogP contribution in [0.15, 0.2) is 63.9 Å². The number of ether oxygens (including phenoxy) is 1. The van der Waals surface area contributed by atoms with Crippen molar-refractivity contribution in [2.45, 2.75) is 18.6 Å². The molecule has 4 aromatic rings. The summed E-state index contributed by atoms with van der Waals surface area (Å²) < 4.78 is 7.28. The quantitative estimate of drug-likeness (QED) is 0.324. The van der Waals surface area contributed by atoms with E-state index in [0.717, 1.165) is 22.4 Å². The molecule has 8 heteroatoms. The second-order valence-electron chi connectivity index (χ2n) is 7.37. The first-order chi connectivity index (χ1) is 15.5. The fraction of sp³-hybridized carbons (Fsp3) is 0.208. The molecule has 0 aliphatic rings. The first kappa shape index (κ1) is 22.1. The number of nitrogens with one attached hydrogen (secondary N) is 1. The predicted octanol–water partition coefficient (Wildman–Crippen LogP) is 4.39. The van der Waals surface area contributed by atoms with Crippen LogP contribution in [0.1, 0.15) is 11.1 Å². The van der Waals surface area contributed by atoms with Gasteiger partial charge in [-0.2, -0.15) is 0 Å². The fourth-order valence-electron chi connectivity index (χ4n) is 3.22. The number of carbonyl (C=O) groups excluding carboxylic acids is 1. The molecule has 4 rings (SSSR count). The second kappa shape index (κ2) is 9.58. The van der Waals surface area contributed by atoms with Gasteiger partial charge in [-0.15, -0.1) is 11.3 Å². The summed E-state index contributed by atoms with van der Waals surface area (Å²) in [5.74, 6) is 0.826. The van der Waals surface area contributed by atoms with Crippen LogP contribution in [0.2, 0.25) is 0 Å². The minimum absolute atomic E-state index is 0.0977. The molecule has 1 N–H and O–H groups in total. The summed E-state index contributed by atoms with van der Waals surface area (Å²) in [7, 11) is 3.31. The SMILES string of the molecule is COc1ccc(CNC(=O)CSc2nc3c(-c4ccc(C)cc4)csc3c(=O)n2C)cc1. The number of thiophene rings is 1. The number of thioether (sulfide) groups is 1. The van der Waals surface area contributed by atoms with Crippen LogP contribution < -0.4 is 15.6 Å². The molecule has 0 radical (unpaired) electrons. The minimum Gasteiger partial charge on any atom is -0.497 e. The van der Waals surface area contributed by atoms with Gasteiger partial charge >= 0.3 is 0 Å². The molecule has 0 atom stereocenters. The van der Waals surface area contributed by atoms with Crippen LogP contribution in [-0.4, -0.2) is 28.3 Å². The smallest absolute Gasteiger partial charge is 0.271 e. The Bertz CT molecular complexity index is 1310. The van der Waals surface area contributed by atoms with Crippen molar-refractivity contribution in [2.75, 3.05) is 12.9 Å². The Morgan fingerprint density at radius 3 is 2.56 bits per heavy atom. The lowest BCUT2D eigenvalue weighted by Gasteiger charge is -2.09. The van der Waals surface area contributed by atoms with Crippen molar-refractivity contribution in [1.82, 2.24) is 14.9 Å². The fourth-order valence-corrected chi connectivity index (χ4v) is 5.00. The normalized spacial score (nSPS) is 11.0. The van der Waals surface area contributed by atoms with Crippen molar-refractivity contribution in [3.8, 4) is 16.9 Å². The van der Waals surface area contributed by atoms with Gasteiger partial charge in [0.25, 0.3) is 5.56 Å². The molecule has 0 unspecified atom stereocenters. The molecular weight excluding hydrogens is 442 g/mol. The highest BCUT2D eigenvalue weighted by Gasteiger charge is 2.16. The van der Waals surface area contributed by atoms with Crippen LogP contribution in [0.5, 0.6) is 5.75 Å². The number of aryl methyl sites for hydroxylation is 1. The number of fused-ring (bicyclic) bond motifs is 1. The van der Waals surface area contributed by atoms with Gasteiger partial charge in [-0.3, -0.25) is 14.2 Å². The van der Waals surface area contributed by atoms with E-state index in [2.05, 4.69) is 5.32 Å². The van der Waals surface area contributed by atoms with Gasteiger partial charge in [-0.25, -0.2) is 4.98 Å². The maximum absolute atomic E-state index is 12.9. The number of hydrogen-bond acceptors (Lipinski definition) is 6. The Hall–Kier alpha value is -3.10. The summed E-state index contributed by atoms with van der Waals surface area (Å²) in [5.41, 5.74) is 4.71. The number of benzene rings is 2. The summed E-state index contributed by atoms with van der Waals surface area (Å²) in [6, 6.07) is 15.7.